The van der Waals surface area contributed by atoms with Crippen LogP contribution in [0, 0.1) is 11.8 Å². The summed E-state index contributed by atoms with van der Waals surface area (Å²) < 4.78 is 5.24. The van der Waals surface area contributed by atoms with Crippen LogP contribution in [0.15, 0.2) is 0 Å². The van der Waals surface area contributed by atoms with E-state index in [4.69, 9.17) is 10.5 Å². The first-order chi connectivity index (χ1) is 7.20. The first-order valence-electron chi connectivity index (χ1n) is 5.96. The quantitative estimate of drug-likeness (QED) is 0.775. The van der Waals surface area contributed by atoms with Crippen LogP contribution >= 0.6 is 0 Å². The van der Waals surface area contributed by atoms with Crippen LogP contribution in [-0.2, 0) is 4.74 Å². The fraction of sp³-hybridized carbons (Fsp3) is 0.917. The third-order valence-electron chi connectivity index (χ3n) is 2.75. The lowest BCUT2D eigenvalue weighted by molar-refractivity contribution is 0.0481. The summed E-state index contributed by atoms with van der Waals surface area (Å²) in [4.78, 5) is 11.6. The van der Waals surface area contributed by atoms with Gasteiger partial charge in [-0.25, -0.2) is 4.79 Å². The van der Waals surface area contributed by atoms with E-state index in [2.05, 4.69) is 19.2 Å². The highest BCUT2D eigenvalue weighted by atomic mass is 16.6. The van der Waals surface area contributed by atoms with Gasteiger partial charge in [-0.15, -0.1) is 0 Å². The van der Waals surface area contributed by atoms with Gasteiger partial charge in [0.05, 0.1) is 0 Å². The van der Waals surface area contributed by atoms with Gasteiger partial charge < -0.3 is 15.8 Å². The predicted molar refractivity (Wildman–Crippen MR) is 64.1 cm³/mol. The lowest BCUT2D eigenvalue weighted by Gasteiger charge is -2.25. The lowest BCUT2D eigenvalue weighted by atomic mass is 9.99. The summed E-state index contributed by atoms with van der Waals surface area (Å²) in [7, 11) is 0. The molecule has 0 aromatic heterocycles. The molecule has 3 atom stereocenters. The molecule has 1 fully saturated rings. The van der Waals surface area contributed by atoms with Gasteiger partial charge >= 0.3 is 6.09 Å². The molecule has 0 aliphatic heterocycles. The maximum atomic E-state index is 11.6. The van der Waals surface area contributed by atoms with E-state index in [1.165, 1.54) is 0 Å². The molecule has 0 bridgehead atoms. The number of amides is 1. The fourth-order valence-electron chi connectivity index (χ4n) is 1.86. The smallest absolute Gasteiger partial charge is 0.407 e. The number of hydrogen-bond donors (Lipinski definition) is 2. The van der Waals surface area contributed by atoms with Crippen LogP contribution < -0.4 is 11.1 Å². The molecule has 16 heavy (non-hydrogen) atoms. The van der Waals surface area contributed by atoms with Gasteiger partial charge in [-0.05, 0) is 39.0 Å². The molecule has 1 aliphatic carbocycles. The number of carbonyl (C=O) groups is 1. The Morgan fingerprint density at radius 3 is 2.25 bits per heavy atom. The Bertz CT molecular complexity index is 258. The Morgan fingerprint density at radius 2 is 1.94 bits per heavy atom. The van der Waals surface area contributed by atoms with Gasteiger partial charge in [0.2, 0.25) is 0 Å². The van der Waals surface area contributed by atoms with Crippen molar-refractivity contribution in [3.05, 3.63) is 0 Å². The van der Waals surface area contributed by atoms with E-state index in [-0.39, 0.29) is 18.2 Å². The van der Waals surface area contributed by atoms with Crippen molar-refractivity contribution in [2.45, 2.75) is 58.7 Å². The van der Waals surface area contributed by atoms with Crippen LogP contribution in [0.2, 0.25) is 0 Å². The van der Waals surface area contributed by atoms with Crippen LogP contribution in [0.3, 0.4) is 0 Å². The molecule has 0 aromatic carbocycles. The SMILES string of the molecule is CC(C)C(NC(=O)OC(C)(C)C)[C@@H]1C[C@H]1N. The van der Waals surface area contributed by atoms with Gasteiger partial charge in [0.1, 0.15) is 5.60 Å². The van der Waals surface area contributed by atoms with Crippen molar-refractivity contribution in [2.24, 2.45) is 17.6 Å². The second kappa shape index (κ2) is 4.62. The molecule has 1 saturated carbocycles. The number of alkyl carbamates (subject to hydrolysis) is 1. The summed E-state index contributed by atoms with van der Waals surface area (Å²) in [6.07, 6.45) is 0.656. The second-order valence-corrected chi connectivity index (χ2v) is 5.98. The predicted octanol–water partition coefficient (Wildman–Crippen LogP) is 1.88. The summed E-state index contributed by atoms with van der Waals surface area (Å²) in [6.45, 7) is 9.76. The van der Waals surface area contributed by atoms with Crippen molar-refractivity contribution in [1.82, 2.24) is 5.32 Å². The van der Waals surface area contributed by atoms with Crippen molar-refractivity contribution in [1.29, 1.82) is 0 Å². The highest BCUT2D eigenvalue weighted by Gasteiger charge is 2.42. The molecule has 4 nitrogen and oxygen atoms in total. The monoisotopic (exact) mass is 228 g/mol. The van der Waals surface area contributed by atoms with Crippen molar-refractivity contribution in [2.75, 3.05) is 0 Å². The molecular weight excluding hydrogens is 204 g/mol. The van der Waals surface area contributed by atoms with E-state index in [1.54, 1.807) is 0 Å². The highest BCUT2D eigenvalue weighted by Crippen LogP contribution is 2.34. The van der Waals surface area contributed by atoms with Gasteiger partial charge in [0, 0.05) is 12.1 Å². The largest absolute Gasteiger partial charge is 0.444 e. The summed E-state index contributed by atoms with van der Waals surface area (Å²) in [5, 5.41) is 2.92. The maximum absolute atomic E-state index is 11.6. The molecule has 0 heterocycles. The zero-order chi connectivity index (χ0) is 12.5. The number of hydrogen-bond acceptors (Lipinski definition) is 3. The molecule has 0 saturated heterocycles. The fourth-order valence-corrected chi connectivity index (χ4v) is 1.86. The number of carbonyl (C=O) groups excluding carboxylic acids is 1. The number of nitrogens with two attached hydrogens (primary N) is 1. The third-order valence-corrected chi connectivity index (χ3v) is 2.75. The minimum absolute atomic E-state index is 0.129. The van der Waals surface area contributed by atoms with Crippen molar-refractivity contribution in [3.63, 3.8) is 0 Å². The van der Waals surface area contributed by atoms with E-state index in [0.717, 1.165) is 6.42 Å². The summed E-state index contributed by atoms with van der Waals surface area (Å²) in [6, 6.07) is 0.368. The van der Waals surface area contributed by atoms with Crippen LogP contribution in [0.1, 0.15) is 41.0 Å². The Kier molecular flexibility index (Phi) is 3.84. The van der Waals surface area contributed by atoms with E-state index in [9.17, 15) is 4.79 Å². The first kappa shape index (κ1) is 13.3. The Balaban J connectivity index is 2.46. The molecule has 3 N–H and O–H groups in total. The number of rotatable bonds is 3. The second-order valence-electron chi connectivity index (χ2n) is 5.98. The molecule has 94 valence electrons. The third kappa shape index (κ3) is 4.00. The van der Waals surface area contributed by atoms with Gasteiger partial charge in [-0.1, -0.05) is 13.8 Å². The minimum atomic E-state index is -0.447. The Morgan fingerprint density at radius 1 is 1.44 bits per heavy atom. The summed E-state index contributed by atoms with van der Waals surface area (Å²) >= 11 is 0. The average molecular weight is 228 g/mol. The molecule has 1 aliphatic rings. The van der Waals surface area contributed by atoms with E-state index < -0.39 is 5.60 Å². The van der Waals surface area contributed by atoms with E-state index in [1.807, 2.05) is 20.8 Å². The van der Waals surface area contributed by atoms with Gasteiger partial charge in [0.25, 0.3) is 0 Å². The zero-order valence-electron chi connectivity index (χ0n) is 10.9. The summed E-state index contributed by atoms with van der Waals surface area (Å²) in [5.41, 5.74) is 5.37. The lowest BCUT2D eigenvalue weighted by Crippen LogP contribution is -2.44. The van der Waals surface area contributed by atoms with Crippen LogP contribution in [-0.4, -0.2) is 23.8 Å². The number of ether oxygens (including phenoxy) is 1. The topological polar surface area (TPSA) is 64.3 Å². The minimum Gasteiger partial charge on any atom is -0.444 e. The van der Waals surface area contributed by atoms with E-state index in [0.29, 0.717) is 11.8 Å². The zero-order valence-corrected chi connectivity index (χ0v) is 10.9. The molecule has 0 spiro atoms. The molecule has 0 radical (unpaired) electrons. The molecular formula is C12H24N2O2. The van der Waals surface area contributed by atoms with Gasteiger partial charge in [0.15, 0.2) is 0 Å². The Hall–Kier alpha value is -0.770. The molecule has 1 unspecified atom stereocenters. The molecule has 1 amide bonds. The Labute approximate surface area is 97.9 Å². The molecule has 4 heteroatoms. The molecule has 0 aromatic rings. The van der Waals surface area contributed by atoms with Crippen molar-refractivity contribution < 1.29 is 9.53 Å². The normalized spacial score (nSPS) is 26.4. The first-order valence-corrected chi connectivity index (χ1v) is 5.96. The van der Waals surface area contributed by atoms with Crippen LogP contribution in [0.4, 0.5) is 4.79 Å². The highest BCUT2D eigenvalue weighted by molar-refractivity contribution is 5.68. The van der Waals surface area contributed by atoms with Crippen molar-refractivity contribution >= 4 is 6.09 Å². The molecule has 1 rings (SSSR count). The number of nitrogens with one attached hydrogen (secondary N) is 1. The van der Waals surface area contributed by atoms with Gasteiger partial charge in [-0.2, -0.15) is 0 Å². The summed E-state index contributed by atoms with van der Waals surface area (Å²) in [5.74, 6) is 0.790. The average Bonchev–Trinajstić information content (AvgIpc) is 2.74. The van der Waals surface area contributed by atoms with Crippen molar-refractivity contribution in [3.8, 4) is 0 Å². The standard InChI is InChI=1S/C12H24N2O2/c1-7(2)10(8-6-9(8)13)14-11(15)16-12(3,4)5/h7-10H,6,13H2,1-5H3,(H,14,15)/t8-,9-,10?/m1/s1. The van der Waals surface area contributed by atoms with E-state index >= 15 is 0 Å². The van der Waals surface area contributed by atoms with Gasteiger partial charge in [-0.3, -0.25) is 0 Å². The van der Waals surface area contributed by atoms with Crippen LogP contribution in [0.25, 0.3) is 0 Å². The maximum Gasteiger partial charge on any atom is 0.407 e. The van der Waals surface area contributed by atoms with Crippen LogP contribution in [0.5, 0.6) is 0 Å².